The molecule has 1 aliphatic rings. The van der Waals surface area contributed by atoms with Crippen molar-refractivity contribution < 1.29 is 9.31 Å². The predicted octanol–water partition coefficient (Wildman–Crippen LogP) is 2.32. The third kappa shape index (κ3) is 2.51. The van der Waals surface area contributed by atoms with Gasteiger partial charge in [0.05, 0.1) is 11.5 Å². The van der Waals surface area contributed by atoms with Crippen molar-refractivity contribution in [3.05, 3.63) is 28.6 Å². The fraction of sp³-hybridized carbons (Fsp3) is 0.545. The van der Waals surface area contributed by atoms with Gasteiger partial charge in [-0.1, -0.05) is 0 Å². The summed E-state index contributed by atoms with van der Waals surface area (Å²) in [5, 5.41) is 10.9. The molecule has 5 nitrogen and oxygen atoms in total. The smallest absolute Gasteiger partial charge is 0.310 e. The highest BCUT2D eigenvalue weighted by atomic mass is 19.1. The average molecular weight is 239 g/mol. The van der Waals surface area contributed by atoms with Crippen LogP contribution >= 0.6 is 0 Å². The van der Waals surface area contributed by atoms with Crippen molar-refractivity contribution in [1.82, 2.24) is 4.98 Å². The van der Waals surface area contributed by atoms with Crippen molar-refractivity contribution in [2.75, 3.05) is 18.0 Å². The van der Waals surface area contributed by atoms with E-state index in [-0.39, 0.29) is 12.2 Å². The number of halogens is 1. The Morgan fingerprint density at radius 3 is 3.06 bits per heavy atom. The molecule has 0 aromatic carbocycles. The number of aromatic nitrogens is 1. The van der Waals surface area contributed by atoms with Crippen LogP contribution < -0.4 is 4.90 Å². The molecule has 0 N–H and O–H groups in total. The molecule has 17 heavy (non-hydrogen) atoms. The van der Waals surface area contributed by atoms with E-state index >= 15 is 0 Å². The van der Waals surface area contributed by atoms with E-state index in [4.69, 9.17) is 0 Å². The first-order valence-electron chi connectivity index (χ1n) is 5.52. The van der Waals surface area contributed by atoms with Crippen LogP contribution in [-0.2, 0) is 0 Å². The molecule has 2 rings (SSSR count). The average Bonchev–Trinajstić information content (AvgIpc) is 2.27. The van der Waals surface area contributed by atoms with Crippen LogP contribution in [0.15, 0.2) is 18.5 Å². The largest absolute Gasteiger partial charge is 0.363 e. The molecule has 0 radical (unpaired) electrons. The van der Waals surface area contributed by atoms with Gasteiger partial charge in [-0.25, -0.2) is 4.39 Å². The van der Waals surface area contributed by atoms with E-state index in [2.05, 4.69) is 4.98 Å². The second-order valence-electron chi connectivity index (χ2n) is 4.56. The van der Waals surface area contributed by atoms with Gasteiger partial charge in [0.2, 0.25) is 0 Å². The summed E-state index contributed by atoms with van der Waals surface area (Å²) in [5.41, 5.74) is -0.895. The number of hydrogen-bond donors (Lipinski definition) is 0. The second kappa shape index (κ2) is 4.27. The molecule has 92 valence electrons. The number of piperidine rings is 1. The molecular weight excluding hydrogens is 225 g/mol. The zero-order valence-corrected chi connectivity index (χ0v) is 9.60. The maximum Gasteiger partial charge on any atom is 0.310 e. The highest BCUT2D eigenvalue weighted by Crippen LogP contribution is 2.33. The molecule has 0 amide bonds. The van der Waals surface area contributed by atoms with Crippen molar-refractivity contribution in [2.45, 2.75) is 25.4 Å². The SMILES string of the molecule is CC1(F)CCCN(c2ccncc2[N+](=O)[O-])C1. The van der Waals surface area contributed by atoms with Crippen LogP contribution in [0.1, 0.15) is 19.8 Å². The van der Waals surface area contributed by atoms with Crippen molar-refractivity contribution >= 4 is 11.4 Å². The summed E-state index contributed by atoms with van der Waals surface area (Å²) in [6.07, 6.45) is 3.90. The standard InChI is InChI=1S/C11H14FN3O2/c1-11(12)4-2-6-14(8-11)9-3-5-13-7-10(9)15(16)17/h3,5,7H,2,4,6,8H2,1H3. The van der Waals surface area contributed by atoms with Crippen LogP contribution in [0.4, 0.5) is 15.8 Å². The Hall–Kier alpha value is -1.72. The molecule has 1 unspecified atom stereocenters. The summed E-state index contributed by atoms with van der Waals surface area (Å²) >= 11 is 0. The first-order chi connectivity index (χ1) is 7.99. The summed E-state index contributed by atoms with van der Waals surface area (Å²) in [6.45, 7) is 2.37. The van der Waals surface area contributed by atoms with Crippen molar-refractivity contribution in [3.8, 4) is 0 Å². The first-order valence-corrected chi connectivity index (χ1v) is 5.52. The Balaban J connectivity index is 2.30. The fourth-order valence-electron chi connectivity index (χ4n) is 2.19. The lowest BCUT2D eigenvalue weighted by Crippen LogP contribution is -2.43. The van der Waals surface area contributed by atoms with E-state index in [1.165, 1.54) is 19.3 Å². The summed E-state index contributed by atoms with van der Waals surface area (Å²) in [5.74, 6) is 0. The highest BCUT2D eigenvalue weighted by molar-refractivity contribution is 5.62. The van der Waals surface area contributed by atoms with Gasteiger partial charge in [0.25, 0.3) is 0 Å². The van der Waals surface area contributed by atoms with Gasteiger partial charge < -0.3 is 4.90 Å². The maximum absolute atomic E-state index is 13.9. The van der Waals surface area contributed by atoms with Gasteiger partial charge in [-0.2, -0.15) is 0 Å². The van der Waals surface area contributed by atoms with Crippen molar-refractivity contribution in [2.24, 2.45) is 0 Å². The van der Waals surface area contributed by atoms with E-state index in [0.717, 1.165) is 0 Å². The number of nitro groups is 1. The third-order valence-electron chi connectivity index (χ3n) is 2.96. The molecule has 1 aromatic heterocycles. The molecule has 1 aliphatic heterocycles. The summed E-state index contributed by atoms with van der Waals surface area (Å²) in [4.78, 5) is 15.9. The first kappa shape index (κ1) is 11.8. The Morgan fingerprint density at radius 2 is 2.41 bits per heavy atom. The van der Waals surface area contributed by atoms with E-state index in [1.807, 2.05) is 0 Å². The minimum Gasteiger partial charge on any atom is -0.363 e. The normalized spacial score (nSPS) is 24.7. The third-order valence-corrected chi connectivity index (χ3v) is 2.96. The Kier molecular flexibility index (Phi) is 2.95. The van der Waals surface area contributed by atoms with Crippen LogP contribution in [0.5, 0.6) is 0 Å². The van der Waals surface area contributed by atoms with Gasteiger partial charge in [0.1, 0.15) is 17.6 Å². The molecule has 1 aromatic rings. The van der Waals surface area contributed by atoms with Crippen molar-refractivity contribution in [3.63, 3.8) is 0 Å². The van der Waals surface area contributed by atoms with Gasteiger partial charge in [-0.15, -0.1) is 0 Å². The zero-order chi connectivity index (χ0) is 12.5. The molecule has 6 heteroatoms. The number of pyridine rings is 1. The van der Waals surface area contributed by atoms with Crippen LogP contribution in [0.3, 0.4) is 0 Å². The number of rotatable bonds is 2. The Bertz CT molecular complexity index is 436. The van der Waals surface area contributed by atoms with Gasteiger partial charge in [0, 0.05) is 12.7 Å². The van der Waals surface area contributed by atoms with E-state index in [0.29, 0.717) is 25.1 Å². The minimum absolute atomic E-state index is 0.0646. The van der Waals surface area contributed by atoms with Crippen molar-refractivity contribution in [1.29, 1.82) is 0 Å². The molecule has 0 saturated carbocycles. The van der Waals surface area contributed by atoms with Gasteiger partial charge in [-0.05, 0) is 25.8 Å². The molecule has 1 atom stereocenters. The number of alkyl halides is 1. The van der Waals surface area contributed by atoms with Gasteiger partial charge >= 0.3 is 5.69 Å². The summed E-state index contributed by atoms with van der Waals surface area (Å²) < 4.78 is 13.9. The monoisotopic (exact) mass is 239 g/mol. The highest BCUT2D eigenvalue weighted by Gasteiger charge is 2.33. The van der Waals surface area contributed by atoms with Crippen LogP contribution in [-0.4, -0.2) is 28.7 Å². The second-order valence-corrected chi connectivity index (χ2v) is 4.56. The topological polar surface area (TPSA) is 59.3 Å². The lowest BCUT2D eigenvalue weighted by atomic mass is 9.96. The van der Waals surface area contributed by atoms with E-state index in [9.17, 15) is 14.5 Å². The van der Waals surface area contributed by atoms with Crippen LogP contribution in [0.25, 0.3) is 0 Å². The fourth-order valence-corrected chi connectivity index (χ4v) is 2.19. The molecule has 1 saturated heterocycles. The molecular formula is C11H14FN3O2. The summed E-state index contributed by atoms with van der Waals surface area (Å²) in [7, 11) is 0. The van der Waals surface area contributed by atoms with Crippen LogP contribution in [0.2, 0.25) is 0 Å². The lowest BCUT2D eigenvalue weighted by Gasteiger charge is -2.36. The molecule has 1 fully saturated rings. The van der Waals surface area contributed by atoms with E-state index < -0.39 is 10.6 Å². The maximum atomic E-state index is 13.9. The Morgan fingerprint density at radius 1 is 1.65 bits per heavy atom. The predicted molar refractivity (Wildman–Crippen MR) is 61.9 cm³/mol. The molecule has 0 spiro atoms. The quantitative estimate of drug-likeness (QED) is 0.587. The van der Waals surface area contributed by atoms with Gasteiger partial charge in [0.15, 0.2) is 0 Å². The number of hydrogen-bond acceptors (Lipinski definition) is 4. The van der Waals surface area contributed by atoms with E-state index in [1.54, 1.807) is 11.0 Å². The number of anilines is 1. The molecule has 0 aliphatic carbocycles. The van der Waals surface area contributed by atoms with Crippen LogP contribution in [0, 0.1) is 10.1 Å². The molecule has 0 bridgehead atoms. The number of nitrogens with zero attached hydrogens (tertiary/aromatic N) is 3. The Labute approximate surface area is 98.4 Å². The zero-order valence-electron chi connectivity index (χ0n) is 9.60. The van der Waals surface area contributed by atoms with Gasteiger partial charge in [-0.3, -0.25) is 15.1 Å². The summed E-state index contributed by atoms with van der Waals surface area (Å²) in [6, 6.07) is 1.57. The lowest BCUT2D eigenvalue weighted by molar-refractivity contribution is -0.384. The molecule has 2 heterocycles. The minimum atomic E-state index is -1.28.